The molecule has 0 saturated carbocycles. The molecule has 1 atom stereocenters. The van der Waals surface area contributed by atoms with E-state index in [4.69, 9.17) is 5.73 Å². The molecule has 1 aliphatic heterocycles. The lowest BCUT2D eigenvalue weighted by Gasteiger charge is -2.11. The van der Waals surface area contributed by atoms with Crippen molar-refractivity contribution in [3.8, 4) is 11.5 Å². The fourth-order valence-corrected chi connectivity index (χ4v) is 1.79. The van der Waals surface area contributed by atoms with Crippen molar-refractivity contribution >= 4 is 0 Å². The van der Waals surface area contributed by atoms with E-state index in [0.717, 1.165) is 24.8 Å². The van der Waals surface area contributed by atoms with E-state index in [2.05, 4.69) is 16.4 Å². The SMILES string of the molecule is CCCC[C@@H](N)c1ccc2c(c1)OC(F)(F)O2. The van der Waals surface area contributed by atoms with Crippen molar-refractivity contribution < 1.29 is 18.3 Å². The van der Waals surface area contributed by atoms with Crippen LogP contribution in [0.2, 0.25) is 0 Å². The van der Waals surface area contributed by atoms with Gasteiger partial charge in [0.05, 0.1) is 0 Å². The molecule has 0 aromatic heterocycles. The molecule has 0 aliphatic carbocycles. The summed E-state index contributed by atoms with van der Waals surface area (Å²) in [6.45, 7) is 2.08. The van der Waals surface area contributed by atoms with Crippen LogP contribution in [0.1, 0.15) is 37.8 Å². The monoisotopic (exact) mass is 243 g/mol. The fourth-order valence-electron chi connectivity index (χ4n) is 1.79. The number of hydrogen-bond donors (Lipinski definition) is 1. The van der Waals surface area contributed by atoms with Crippen molar-refractivity contribution in [2.24, 2.45) is 5.73 Å². The molecule has 3 nitrogen and oxygen atoms in total. The average Bonchev–Trinajstić information content (AvgIpc) is 2.58. The Morgan fingerprint density at radius 2 is 2.00 bits per heavy atom. The molecular weight excluding hydrogens is 228 g/mol. The molecule has 1 heterocycles. The lowest BCUT2D eigenvalue weighted by Crippen LogP contribution is -2.25. The van der Waals surface area contributed by atoms with Gasteiger partial charge in [0, 0.05) is 6.04 Å². The highest BCUT2D eigenvalue weighted by Gasteiger charge is 2.43. The molecule has 0 fully saturated rings. The van der Waals surface area contributed by atoms with Gasteiger partial charge in [-0.2, -0.15) is 0 Å². The van der Waals surface area contributed by atoms with Gasteiger partial charge < -0.3 is 15.2 Å². The van der Waals surface area contributed by atoms with Crippen molar-refractivity contribution in [3.63, 3.8) is 0 Å². The zero-order valence-corrected chi connectivity index (χ0v) is 9.58. The Balaban J connectivity index is 2.13. The van der Waals surface area contributed by atoms with E-state index >= 15 is 0 Å². The summed E-state index contributed by atoms with van der Waals surface area (Å²) in [6.07, 6.45) is -0.677. The molecule has 1 aromatic rings. The maximum atomic E-state index is 12.8. The van der Waals surface area contributed by atoms with E-state index < -0.39 is 6.29 Å². The lowest BCUT2D eigenvalue weighted by atomic mass is 10.0. The van der Waals surface area contributed by atoms with Crippen molar-refractivity contribution in [2.75, 3.05) is 0 Å². The standard InChI is InChI=1S/C12H15F2NO2/c1-2-3-4-9(15)8-5-6-10-11(7-8)17-12(13,14)16-10/h5-7,9H,2-4,15H2,1H3/t9-/m1/s1. The maximum Gasteiger partial charge on any atom is 0.586 e. The van der Waals surface area contributed by atoms with Gasteiger partial charge in [-0.25, -0.2) is 0 Å². The topological polar surface area (TPSA) is 44.5 Å². The fraction of sp³-hybridized carbons (Fsp3) is 0.500. The molecule has 0 saturated heterocycles. The van der Waals surface area contributed by atoms with Crippen LogP contribution in [0.4, 0.5) is 8.78 Å². The Morgan fingerprint density at radius 1 is 1.29 bits per heavy atom. The molecule has 0 bridgehead atoms. The van der Waals surface area contributed by atoms with Crippen molar-refractivity contribution in [3.05, 3.63) is 23.8 Å². The summed E-state index contributed by atoms with van der Waals surface area (Å²) < 4.78 is 34.3. The van der Waals surface area contributed by atoms with Crippen LogP contribution < -0.4 is 15.2 Å². The highest BCUT2D eigenvalue weighted by Crippen LogP contribution is 2.42. The molecule has 17 heavy (non-hydrogen) atoms. The highest BCUT2D eigenvalue weighted by atomic mass is 19.3. The van der Waals surface area contributed by atoms with Crippen LogP contribution in [0.15, 0.2) is 18.2 Å². The summed E-state index contributed by atoms with van der Waals surface area (Å²) in [5, 5.41) is 0. The first-order chi connectivity index (χ1) is 8.02. The van der Waals surface area contributed by atoms with Gasteiger partial charge in [0.15, 0.2) is 11.5 Å². The van der Waals surface area contributed by atoms with Crippen LogP contribution in [0.3, 0.4) is 0 Å². The second-order valence-corrected chi connectivity index (χ2v) is 4.12. The van der Waals surface area contributed by atoms with Crippen LogP contribution in [0, 0.1) is 0 Å². The first-order valence-electron chi connectivity index (χ1n) is 5.67. The van der Waals surface area contributed by atoms with Crippen molar-refractivity contribution in [1.29, 1.82) is 0 Å². The Kier molecular flexibility index (Phi) is 3.19. The minimum Gasteiger partial charge on any atom is -0.395 e. The van der Waals surface area contributed by atoms with E-state index in [1.807, 2.05) is 0 Å². The zero-order valence-electron chi connectivity index (χ0n) is 9.58. The molecule has 5 heteroatoms. The number of nitrogens with two attached hydrogens (primary N) is 1. The maximum absolute atomic E-state index is 12.8. The molecule has 2 rings (SSSR count). The molecule has 0 radical (unpaired) electrons. The third-order valence-electron chi connectivity index (χ3n) is 2.72. The van der Waals surface area contributed by atoms with Crippen LogP contribution >= 0.6 is 0 Å². The number of alkyl halides is 2. The molecule has 0 unspecified atom stereocenters. The molecule has 0 amide bonds. The van der Waals surface area contributed by atoms with Crippen LogP contribution in [-0.4, -0.2) is 6.29 Å². The van der Waals surface area contributed by atoms with Crippen molar-refractivity contribution in [1.82, 2.24) is 0 Å². The minimum atomic E-state index is -3.56. The molecule has 1 aliphatic rings. The zero-order chi connectivity index (χ0) is 12.5. The Morgan fingerprint density at radius 3 is 2.71 bits per heavy atom. The molecule has 0 spiro atoms. The second-order valence-electron chi connectivity index (χ2n) is 4.12. The van der Waals surface area contributed by atoms with Gasteiger partial charge in [-0.05, 0) is 24.1 Å². The second kappa shape index (κ2) is 4.49. The van der Waals surface area contributed by atoms with Crippen LogP contribution in [0.25, 0.3) is 0 Å². The number of halogens is 2. The number of benzene rings is 1. The Hall–Kier alpha value is -1.36. The summed E-state index contributed by atoms with van der Waals surface area (Å²) in [4.78, 5) is 0. The number of unbranched alkanes of at least 4 members (excludes halogenated alkanes) is 1. The first-order valence-corrected chi connectivity index (χ1v) is 5.67. The highest BCUT2D eigenvalue weighted by molar-refractivity contribution is 5.45. The Bertz CT molecular complexity index is 409. The predicted octanol–water partition coefficient (Wildman–Crippen LogP) is 3.20. The number of fused-ring (bicyclic) bond motifs is 1. The van der Waals surface area contributed by atoms with Gasteiger partial charge in [-0.15, -0.1) is 8.78 Å². The molecular formula is C12H15F2NO2. The number of ether oxygens (including phenoxy) is 2. The van der Waals surface area contributed by atoms with E-state index in [1.165, 1.54) is 12.1 Å². The van der Waals surface area contributed by atoms with E-state index in [0.29, 0.717) is 0 Å². The van der Waals surface area contributed by atoms with E-state index in [1.54, 1.807) is 6.07 Å². The van der Waals surface area contributed by atoms with Gasteiger partial charge in [0.1, 0.15) is 0 Å². The van der Waals surface area contributed by atoms with Crippen LogP contribution in [0.5, 0.6) is 11.5 Å². The quantitative estimate of drug-likeness (QED) is 0.883. The van der Waals surface area contributed by atoms with Gasteiger partial charge in [0.2, 0.25) is 0 Å². The van der Waals surface area contributed by atoms with Gasteiger partial charge in [-0.3, -0.25) is 0 Å². The van der Waals surface area contributed by atoms with Gasteiger partial charge in [-0.1, -0.05) is 25.8 Å². The first kappa shape index (κ1) is 12.1. The summed E-state index contributed by atoms with van der Waals surface area (Å²) in [5.41, 5.74) is 6.75. The predicted molar refractivity (Wildman–Crippen MR) is 59.1 cm³/mol. The molecule has 2 N–H and O–H groups in total. The summed E-state index contributed by atoms with van der Waals surface area (Å²) in [7, 11) is 0. The number of hydrogen-bond acceptors (Lipinski definition) is 3. The third kappa shape index (κ3) is 2.66. The van der Waals surface area contributed by atoms with E-state index in [-0.39, 0.29) is 17.5 Å². The normalized spacial score (nSPS) is 18.1. The van der Waals surface area contributed by atoms with Gasteiger partial charge >= 0.3 is 6.29 Å². The minimum absolute atomic E-state index is 0.0550. The van der Waals surface area contributed by atoms with Crippen LogP contribution in [-0.2, 0) is 0 Å². The number of rotatable bonds is 4. The summed E-state index contributed by atoms with van der Waals surface area (Å²) in [5.74, 6) is 0.112. The largest absolute Gasteiger partial charge is 0.586 e. The molecule has 1 aromatic carbocycles. The summed E-state index contributed by atoms with van der Waals surface area (Å²) in [6, 6.07) is 4.54. The van der Waals surface area contributed by atoms with Gasteiger partial charge in [0.25, 0.3) is 0 Å². The lowest BCUT2D eigenvalue weighted by molar-refractivity contribution is -0.286. The van der Waals surface area contributed by atoms with E-state index in [9.17, 15) is 8.78 Å². The molecule has 94 valence electrons. The summed E-state index contributed by atoms with van der Waals surface area (Å²) >= 11 is 0. The Labute approximate surface area is 98.5 Å². The smallest absolute Gasteiger partial charge is 0.395 e. The van der Waals surface area contributed by atoms with Crippen molar-refractivity contribution in [2.45, 2.75) is 38.5 Å². The average molecular weight is 243 g/mol. The third-order valence-corrected chi connectivity index (χ3v) is 2.72.